The van der Waals surface area contributed by atoms with Gasteiger partial charge in [-0.3, -0.25) is 9.59 Å². The van der Waals surface area contributed by atoms with Crippen LogP contribution in [0, 0.1) is 26.7 Å². The normalized spacial score (nSPS) is 17.0. The number of aryl methyl sites for hydroxylation is 3. The number of ether oxygens (including phenoxy) is 1. The number of rotatable bonds is 8. The summed E-state index contributed by atoms with van der Waals surface area (Å²) in [5, 5.41) is 2.10. The van der Waals surface area contributed by atoms with Crippen molar-refractivity contribution >= 4 is 23.2 Å². The molecule has 2 aromatic carbocycles. The van der Waals surface area contributed by atoms with E-state index in [0.717, 1.165) is 36.1 Å². The van der Waals surface area contributed by atoms with E-state index in [1.807, 2.05) is 42.2 Å². The zero-order chi connectivity index (χ0) is 25.2. The van der Waals surface area contributed by atoms with Gasteiger partial charge < -0.3 is 14.5 Å². The minimum atomic E-state index is -0.162. The summed E-state index contributed by atoms with van der Waals surface area (Å²) in [4.78, 5) is 32.1. The van der Waals surface area contributed by atoms with Crippen molar-refractivity contribution in [2.75, 3.05) is 26.2 Å². The standard InChI is InChI=1S/C30H34N2O3S/c1-20-4-9-24(10-5-20)30(34)31(17-23-7-8-23)18-29(33)32-14-12-28-25(13-15-36-28)26(32)19-35-27-11-6-21(2)16-22(27)3/h4-6,9-11,13,15-16,23,26H,7-8,12,14,17-19H2,1-3H3/t26-/m0/s1. The van der Waals surface area contributed by atoms with Crippen molar-refractivity contribution in [3.8, 4) is 5.75 Å². The molecule has 5 rings (SSSR count). The fraction of sp³-hybridized carbons (Fsp3) is 0.400. The van der Waals surface area contributed by atoms with Gasteiger partial charge in [0, 0.05) is 23.5 Å². The van der Waals surface area contributed by atoms with Gasteiger partial charge in [-0.25, -0.2) is 0 Å². The molecule has 0 radical (unpaired) electrons. The lowest BCUT2D eigenvalue weighted by Crippen LogP contribution is -2.48. The summed E-state index contributed by atoms with van der Waals surface area (Å²) >= 11 is 1.75. The predicted molar refractivity (Wildman–Crippen MR) is 144 cm³/mol. The Kier molecular flexibility index (Phi) is 7.15. The Balaban J connectivity index is 1.34. The highest BCUT2D eigenvalue weighted by Crippen LogP contribution is 2.35. The number of thiophene rings is 1. The van der Waals surface area contributed by atoms with Gasteiger partial charge in [0.05, 0.1) is 6.04 Å². The van der Waals surface area contributed by atoms with Crippen LogP contribution in [0.2, 0.25) is 0 Å². The maximum Gasteiger partial charge on any atom is 0.254 e. The number of nitrogens with zero attached hydrogens (tertiary/aromatic N) is 2. The minimum Gasteiger partial charge on any atom is -0.491 e. The number of fused-ring (bicyclic) bond motifs is 1. The second-order valence-electron chi connectivity index (χ2n) is 10.2. The monoisotopic (exact) mass is 502 g/mol. The molecule has 2 aliphatic rings. The molecule has 1 atom stereocenters. The highest BCUT2D eigenvalue weighted by molar-refractivity contribution is 7.10. The number of hydrogen-bond donors (Lipinski definition) is 0. The molecular weight excluding hydrogens is 468 g/mol. The Bertz CT molecular complexity index is 1250. The first-order valence-corrected chi connectivity index (χ1v) is 13.7. The largest absolute Gasteiger partial charge is 0.491 e. The zero-order valence-electron chi connectivity index (χ0n) is 21.3. The van der Waals surface area contributed by atoms with E-state index < -0.39 is 0 Å². The summed E-state index contributed by atoms with van der Waals surface area (Å²) in [6.45, 7) is 7.91. The average Bonchev–Trinajstić information content (AvgIpc) is 3.55. The van der Waals surface area contributed by atoms with Crippen molar-refractivity contribution in [2.24, 2.45) is 5.92 Å². The van der Waals surface area contributed by atoms with Gasteiger partial charge in [0.15, 0.2) is 0 Å². The van der Waals surface area contributed by atoms with Gasteiger partial charge in [0.25, 0.3) is 5.91 Å². The number of carbonyl (C=O) groups is 2. The Morgan fingerprint density at radius 1 is 1.03 bits per heavy atom. The Morgan fingerprint density at radius 3 is 2.50 bits per heavy atom. The molecule has 0 bridgehead atoms. The van der Waals surface area contributed by atoms with Crippen LogP contribution in [0.5, 0.6) is 5.75 Å². The van der Waals surface area contributed by atoms with Gasteiger partial charge in [0.2, 0.25) is 5.91 Å². The van der Waals surface area contributed by atoms with Crippen LogP contribution in [0.15, 0.2) is 53.9 Å². The van der Waals surface area contributed by atoms with Gasteiger partial charge >= 0.3 is 0 Å². The fourth-order valence-electron chi connectivity index (χ4n) is 4.97. The smallest absolute Gasteiger partial charge is 0.254 e. The fourth-order valence-corrected chi connectivity index (χ4v) is 5.90. The van der Waals surface area contributed by atoms with E-state index >= 15 is 0 Å². The van der Waals surface area contributed by atoms with E-state index in [4.69, 9.17) is 4.74 Å². The van der Waals surface area contributed by atoms with E-state index in [0.29, 0.717) is 31.2 Å². The molecule has 1 aliphatic heterocycles. The number of carbonyl (C=O) groups excluding carboxylic acids is 2. The van der Waals surface area contributed by atoms with Crippen molar-refractivity contribution in [2.45, 2.75) is 46.1 Å². The van der Waals surface area contributed by atoms with Crippen LogP contribution in [-0.2, 0) is 11.2 Å². The molecule has 1 fully saturated rings. The third-order valence-electron chi connectivity index (χ3n) is 7.23. The van der Waals surface area contributed by atoms with Crippen molar-refractivity contribution < 1.29 is 14.3 Å². The van der Waals surface area contributed by atoms with Crippen LogP contribution in [-0.4, -0.2) is 47.9 Å². The second-order valence-corrected chi connectivity index (χ2v) is 11.2. The molecule has 5 nitrogen and oxygen atoms in total. The molecule has 0 saturated heterocycles. The molecule has 0 spiro atoms. The average molecular weight is 503 g/mol. The van der Waals surface area contributed by atoms with E-state index in [2.05, 4.69) is 37.4 Å². The number of hydrogen-bond acceptors (Lipinski definition) is 4. The lowest BCUT2D eigenvalue weighted by molar-refractivity contribution is -0.135. The van der Waals surface area contributed by atoms with Crippen LogP contribution in [0.3, 0.4) is 0 Å². The molecule has 1 aliphatic carbocycles. The first kappa shape index (κ1) is 24.6. The third-order valence-corrected chi connectivity index (χ3v) is 8.23. The lowest BCUT2D eigenvalue weighted by atomic mass is 10.00. The van der Waals surface area contributed by atoms with Gasteiger partial charge in [-0.2, -0.15) is 0 Å². The van der Waals surface area contributed by atoms with Crippen LogP contribution < -0.4 is 4.74 Å². The molecule has 2 amide bonds. The summed E-state index contributed by atoms with van der Waals surface area (Å²) in [7, 11) is 0. The van der Waals surface area contributed by atoms with Crippen LogP contribution >= 0.6 is 11.3 Å². The molecule has 36 heavy (non-hydrogen) atoms. The molecule has 188 valence electrons. The molecule has 1 aromatic heterocycles. The maximum atomic E-state index is 13.7. The molecule has 0 unspecified atom stereocenters. The second kappa shape index (κ2) is 10.5. The van der Waals surface area contributed by atoms with Crippen molar-refractivity contribution in [1.82, 2.24) is 9.80 Å². The molecule has 3 aromatic rings. The Morgan fingerprint density at radius 2 is 1.78 bits per heavy atom. The van der Waals surface area contributed by atoms with Gasteiger partial charge in [0.1, 0.15) is 18.9 Å². The predicted octanol–water partition coefficient (Wildman–Crippen LogP) is 5.73. The summed E-state index contributed by atoms with van der Waals surface area (Å²) in [5.74, 6) is 1.27. The maximum absolute atomic E-state index is 13.7. The molecule has 1 saturated carbocycles. The number of benzene rings is 2. The van der Waals surface area contributed by atoms with Crippen LogP contribution in [0.1, 0.15) is 56.4 Å². The van der Waals surface area contributed by atoms with Gasteiger partial charge in [-0.1, -0.05) is 35.4 Å². The number of amides is 2. The molecule has 0 N–H and O–H groups in total. The Hall–Kier alpha value is -3.12. The zero-order valence-corrected chi connectivity index (χ0v) is 22.1. The Labute approximate surface area is 217 Å². The highest BCUT2D eigenvalue weighted by Gasteiger charge is 2.35. The van der Waals surface area contributed by atoms with Crippen molar-refractivity contribution in [1.29, 1.82) is 0 Å². The summed E-state index contributed by atoms with van der Waals surface area (Å²) in [5.41, 5.74) is 5.21. The van der Waals surface area contributed by atoms with Crippen LogP contribution in [0.4, 0.5) is 0 Å². The first-order valence-electron chi connectivity index (χ1n) is 12.8. The third kappa shape index (κ3) is 5.49. The van der Waals surface area contributed by atoms with E-state index in [1.54, 1.807) is 16.2 Å². The quantitative estimate of drug-likeness (QED) is 0.395. The van der Waals surface area contributed by atoms with E-state index in [-0.39, 0.29) is 24.4 Å². The van der Waals surface area contributed by atoms with Crippen molar-refractivity contribution in [3.05, 3.63) is 86.6 Å². The molecular formula is C30H34N2O3S. The van der Waals surface area contributed by atoms with E-state index in [9.17, 15) is 9.59 Å². The van der Waals surface area contributed by atoms with Crippen molar-refractivity contribution in [3.63, 3.8) is 0 Å². The summed E-state index contributed by atoms with van der Waals surface area (Å²) < 4.78 is 6.28. The lowest BCUT2D eigenvalue weighted by Gasteiger charge is -2.37. The van der Waals surface area contributed by atoms with Gasteiger partial charge in [-0.05, 0) is 86.7 Å². The highest BCUT2D eigenvalue weighted by atomic mass is 32.1. The SMILES string of the molecule is Cc1ccc(C(=O)N(CC(=O)N2CCc3sccc3[C@@H]2COc2ccc(C)cc2C)CC2CC2)cc1. The topological polar surface area (TPSA) is 49.9 Å². The van der Waals surface area contributed by atoms with Crippen LogP contribution in [0.25, 0.3) is 0 Å². The minimum absolute atomic E-state index is 0.0119. The molecule has 6 heteroatoms. The molecule has 2 heterocycles. The first-order chi connectivity index (χ1) is 17.4. The summed E-state index contributed by atoms with van der Waals surface area (Å²) in [6, 6.07) is 15.8. The summed E-state index contributed by atoms with van der Waals surface area (Å²) in [6.07, 6.45) is 3.09. The van der Waals surface area contributed by atoms with E-state index in [1.165, 1.54) is 16.0 Å². The van der Waals surface area contributed by atoms with Gasteiger partial charge in [-0.15, -0.1) is 11.3 Å².